The number of hydrogen-bond donors (Lipinski definition) is 3. The Morgan fingerprint density at radius 1 is 1.02 bits per heavy atom. The van der Waals surface area contributed by atoms with E-state index in [0.29, 0.717) is 45.1 Å². The van der Waals surface area contributed by atoms with Crippen LogP contribution in [0.15, 0.2) is 65.9 Å². The Morgan fingerprint density at radius 3 is 2.40 bits per heavy atom. The Kier molecular flexibility index (Phi) is 7.26. The minimum absolute atomic E-state index is 0.0486. The van der Waals surface area contributed by atoms with Gasteiger partial charge < -0.3 is 19.8 Å². The van der Waals surface area contributed by atoms with E-state index in [-0.39, 0.29) is 24.1 Å². The van der Waals surface area contributed by atoms with E-state index in [4.69, 9.17) is 44.4 Å². The number of carboxylic acids is 1. The zero-order valence-corrected chi connectivity index (χ0v) is 24.0. The monoisotopic (exact) mass is 599 g/mol. The van der Waals surface area contributed by atoms with Crippen LogP contribution in [-0.4, -0.2) is 22.8 Å². The van der Waals surface area contributed by atoms with Gasteiger partial charge in [-0.3, -0.25) is 0 Å². The van der Waals surface area contributed by atoms with E-state index < -0.39 is 11.6 Å². The number of aromatic carboxylic acids is 1. The van der Waals surface area contributed by atoms with Crippen LogP contribution in [0, 0.1) is 12.8 Å². The number of rotatable bonds is 8. The molecule has 3 aromatic carbocycles. The minimum Gasteiger partial charge on any atom is -0.489 e. The van der Waals surface area contributed by atoms with E-state index in [1.54, 1.807) is 42.5 Å². The first-order valence-electron chi connectivity index (χ1n) is 13.2. The molecule has 0 bridgehead atoms. The van der Waals surface area contributed by atoms with Crippen molar-refractivity contribution in [2.24, 2.45) is 5.92 Å². The molecule has 0 spiro atoms. The topological polar surface area (TPSA) is 88.0 Å². The van der Waals surface area contributed by atoms with Gasteiger partial charge in [0.2, 0.25) is 0 Å². The summed E-state index contributed by atoms with van der Waals surface area (Å²) in [5.74, 6) is 0.879. The number of hydroxylamine groups is 1. The molecule has 3 aliphatic rings. The maximum absolute atomic E-state index is 11.4. The van der Waals surface area contributed by atoms with E-state index in [0.717, 1.165) is 40.9 Å². The van der Waals surface area contributed by atoms with Crippen molar-refractivity contribution in [2.45, 2.75) is 50.2 Å². The van der Waals surface area contributed by atoms with Crippen LogP contribution in [0.25, 0.3) is 0 Å². The second-order valence-corrected chi connectivity index (χ2v) is 12.1. The van der Waals surface area contributed by atoms with Gasteiger partial charge in [0.1, 0.15) is 18.1 Å². The molecule has 6 rings (SSSR count). The van der Waals surface area contributed by atoms with E-state index in [1.807, 2.05) is 19.1 Å². The van der Waals surface area contributed by atoms with Gasteiger partial charge in [-0.05, 0) is 86.1 Å². The highest BCUT2D eigenvalue weighted by Crippen LogP contribution is 2.53. The molecular weight excluding hydrogens is 573 g/mol. The maximum atomic E-state index is 11.4. The number of ether oxygens (including phenoxy) is 1. The molecule has 2 fully saturated rings. The third-order valence-corrected chi connectivity index (χ3v) is 9.13. The zero-order chi connectivity index (χ0) is 28.2. The van der Waals surface area contributed by atoms with E-state index in [2.05, 4.69) is 5.48 Å². The van der Waals surface area contributed by atoms with Crippen molar-refractivity contribution >= 4 is 40.8 Å². The fraction of sp³-hybridized carbons (Fsp3) is 0.323. The molecule has 0 amide bonds. The first-order valence-corrected chi connectivity index (χ1v) is 14.4. The number of hydrogen-bond acceptors (Lipinski definition) is 5. The van der Waals surface area contributed by atoms with Crippen LogP contribution in [0.1, 0.15) is 70.3 Å². The van der Waals surface area contributed by atoms with E-state index >= 15 is 0 Å². The summed E-state index contributed by atoms with van der Waals surface area (Å²) in [5.41, 5.74) is 6.52. The van der Waals surface area contributed by atoms with Gasteiger partial charge in [-0.1, -0.05) is 53.0 Å². The lowest BCUT2D eigenvalue weighted by Crippen LogP contribution is -2.40. The largest absolute Gasteiger partial charge is 0.489 e. The van der Waals surface area contributed by atoms with Crippen molar-refractivity contribution < 1.29 is 24.6 Å². The molecule has 208 valence electrons. The molecule has 1 atom stereocenters. The number of allylic oxidation sites excluding steroid dienone is 1. The van der Waals surface area contributed by atoms with Crippen LogP contribution in [0.4, 0.5) is 0 Å². The Bertz CT molecular complexity index is 1510. The van der Waals surface area contributed by atoms with Gasteiger partial charge in [0.15, 0.2) is 0 Å². The molecule has 3 N–H and O–H groups in total. The van der Waals surface area contributed by atoms with Gasteiger partial charge >= 0.3 is 5.97 Å². The number of aryl methyl sites for hydroxylation is 1. The predicted octanol–water partition coefficient (Wildman–Crippen LogP) is 7.74. The summed E-state index contributed by atoms with van der Waals surface area (Å²) in [4.78, 5) is 17.3. The molecule has 6 nitrogen and oxygen atoms in total. The predicted molar refractivity (Wildman–Crippen MR) is 154 cm³/mol. The molecule has 40 heavy (non-hydrogen) atoms. The van der Waals surface area contributed by atoms with Gasteiger partial charge in [0.25, 0.3) is 0 Å². The second-order valence-electron chi connectivity index (χ2n) is 10.9. The summed E-state index contributed by atoms with van der Waals surface area (Å²) in [6.45, 7) is 2.21. The molecule has 0 saturated heterocycles. The molecule has 2 aliphatic carbocycles. The Balaban J connectivity index is 1.18. The fourth-order valence-electron chi connectivity index (χ4n) is 5.80. The lowest BCUT2D eigenvalue weighted by atomic mass is 9.64. The van der Waals surface area contributed by atoms with E-state index in [1.165, 1.54) is 0 Å². The van der Waals surface area contributed by atoms with Crippen molar-refractivity contribution in [3.63, 3.8) is 0 Å². The summed E-state index contributed by atoms with van der Waals surface area (Å²) >= 11 is 19.7. The summed E-state index contributed by atoms with van der Waals surface area (Å²) in [5, 5.41) is 22.3. The smallest absolute Gasteiger partial charge is 0.335 e. The highest BCUT2D eigenvalue weighted by molar-refractivity contribution is 6.36. The molecule has 1 unspecified atom stereocenters. The van der Waals surface area contributed by atoms with Gasteiger partial charge in [0.05, 0.1) is 22.2 Å². The lowest BCUT2D eigenvalue weighted by molar-refractivity contribution is -0.0550. The van der Waals surface area contributed by atoms with Gasteiger partial charge in [-0.25, -0.2) is 4.79 Å². The Morgan fingerprint density at radius 2 is 1.75 bits per heavy atom. The molecule has 2 saturated carbocycles. The molecule has 0 aromatic heterocycles. The quantitative estimate of drug-likeness (QED) is 0.245. The van der Waals surface area contributed by atoms with Crippen LogP contribution in [0.2, 0.25) is 15.1 Å². The second kappa shape index (κ2) is 10.6. The van der Waals surface area contributed by atoms with Gasteiger partial charge in [-0.15, -0.1) is 5.48 Å². The molecular formula is C31H28Cl3NO5. The third-order valence-electron chi connectivity index (χ3n) is 8.16. The Hall–Kier alpha value is -2.74. The van der Waals surface area contributed by atoms with Crippen LogP contribution >= 0.6 is 34.8 Å². The van der Waals surface area contributed by atoms with Crippen molar-refractivity contribution in [2.75, 3.05) is 6.61 Å². The Labute approximate surface area is 247 Å². The van der Waals surface area contributed by atoms with Crippen LogP contribution in [0.5, 0.6) is 5.75 Å². The highest BCUT2D eigenvalue weighted by Gasteiger charge is 2.46. The highest BCUT2D eigenvalue weighted by atomic mass is 35.5. The SMILES string of the molecule is Cc1ccc(C(=O)O)cc1C1CC(O)(c2ccc(OCC3=C(C4CC4)ONC3c3c(Cl)cccc3Cl)cc2Cl)C1. The first-order chi connectivity index (χ1) is 19.1. The summed E-state index contributed by atoms with van der Waals surface area (Å²) < 4.78 is 6.19. The first kappa shape index (κ1) is 27.4. The molecule has 1 aliphatic heterocycles. The van der Waals surface area contributed by atoms with Crippen molar-refractivity contribution in [3.05, 3.63) is 109 Å². The van der Waals surface area contributed by atoms with Crippen LogP contribution in [0.3, 0.4) is 0 Å². The summed E-state index contributed by atoms with van der Waals surface area (Å²) in [7, 11) is 0. The summed E-state index contributed by atoms with van der Waals surface area (Å²) in [6, 6.07) is 15.5. The number of benzene rings is 3. The van der Waals surface area contributed by atoms with Crippen molar-refractivity contribution in [3.8, 4) is 5.75 Å². The van der Waals surface area contributed by atoms with Crippen molar-refractivity contribution in [1.82, 2.24) is 5.48 Å². The number of aliphatic hydroxyl groups is 1. The lowest BCUT2D eigenvalue weighted by Gasteiger charge is -2.45. The standard InChI is InChI=1S/C31H28Cl3NO5/c1-16-5-6-18(30(36)37)11-21(16)19-13-31(38,14-19)23-10-9-20(12-26(23)34)39-15-22-28(35-40-29(22)17-7-8-17)27-24(32)3-2-4-25(27)33/h2-6,9-12,17,19,28,35,38H,7-8,13-15H2,1H3,(H,36,37). The van der Waals surface area contributed by atoms with E-state index in [9.17, 15) is 15.0 Å². The third kappa shape index (κ3) is 5.08. The molecule has 0 radical (unpaired) electrons. The number of carbonyl (C=O) groups is 1. The molecule has 3 aromatic rings. The normalized spacial score (nSPS) is 24.0. The average Bonchev–Trinajstić information content (AvgIpc) is 3.66. The minimum atomic E-state index is -1.09. The number of halogens is 3. The molecule has 1 heterocycles. The van der Waals surface area contributed by atoms with Crippen LogP contribution in [-0.2, 0) is 10.4 Å². The number of carboxylic acid groups (broad SMARTS) is 1. The fourth-order valence-corrected chi connectivity index (χ4v) is 6.76. The zero-order valence-electron chi connectivity index (χ0n) is 21.7. The van der Waals surface area contributed by atoms with Gasteiger partial charge in [0, 0.05) is 32.7 Å². The van der Waals surface area contributed by atoms with Crippen molar-refractivity contribution in [1.29, 1.82) is 0 Å². The maximum Gasteiger partial charge on any atom is 0.335 e. The summed E-state index contributed by atoms with van der Waals surface area (Å²) in [6.07, 6.45) is 3.03. The van der Waals surface area contributed by atoms with Gasteiger partial charge in [-0.2, -0.15) is 0 Å². The molecule has 9 heteroatoms. The van der Waals surface area contributed by atoms with Crippen LogP contribution < -0.4 is 10.2 Å². The number of nitrogens with one attached hydrogen (secondary N) is 1. The average molecular weight is 601 g/mol.